The van der Waals surface area contributed by atoms with Crippen molar-refractivity contribution >= 4 is 35.0 Å². The lowest BCUT2D eigenvalue weighted by atomic mass is 10.2. The van der Waals surface area contributed by atoms with E-state index in [0.29, 0.717) is 16.0 Å². The van der Waals surface area contributed by atoms with Gasteiger partial charge in [-0.1, -0.05) is 41.6 Å². The van der Waals surface area contributed by atoms with Gasteiger partial charge < -0.3 is 5.32 Å². The van der Waals surface area contributed by atoms with Crippen LogP contribution in [0.4, 0.5) is 5.69 Å². The highest BCUT2D eigenvalue weighted by molar-refractivity contribution is 7.99. The SMILES string of the molecule is O=C(CSc1nnc(-c2cccnc2)n1-c1ccc(Cl)cc1)Nc1ccccc1. The number of hydrogen-bond donors (Lipinski definition) is 1. The van der Waals surface area contributed by atoms with Crippen LogP contribution in [-0.2, 0) is 4.79 Å². The zero-order chi connectivity index (χ0) is 20.1. The highest BCUT2D eigenvalue weighted by Crippen LogP contribution is 2.28. The van der Waals surface area contributed by atoms with Crippen molar-refractivity contribution in [2.75, 3.05) is 11.1 Å². The van der Waals surface area contributed by atoms with E-state index in [1.54, 1.807) is 24.5 Å². The number of rotatable bonds is 6. The van der Waals surface area contributed by atoms with Gasteiger partial charge >= 0.3 is 0 Å². The van der Waals surface area contributed by atoms with E-state index in [1.807, 2.05) is 59.2 Å². The first-order valence-corrected chi connectivity index (χ1v) is 10.2. The molecule has 4 rings (SSSR count). The number of para-hydroxylation sites is 1. The lowest BCUT2D eigenvalue weighted by molar-refractivity contribution is -0.113. The fourth-order valence-corrected chi connectivity index (χ4v) is 3.59. The number of amides is 1. The molecule has 0 radical (unpaired) electrons. The molecule has 2 aromatic carbocycles. The molecule has 2 heterocycles. The molecule has 29 heavy (non-hydrogen) atoms. The van der Waals surface area contributed by atoms with Gasteiger partial charge in [0.25, 0.3) is 0 Å². The number of nitrogens with zero attached hydrogens (tertiary/aromatic N) is 4. The maximum Gasteiger partial charge on any atom is 0.234 e. The van der Waals surface area contributed by atoms with Crippen LogP contribution in [0.5, 0.6) is 0 Å². The summed E-state index contributed by atoms with van der Waals surface area (Å²) in [5.74, 6) is 0.731. The van der Waals surface area contributed by atoms with E-state index in [9.17, 15) is 4.79 Å². The van der Waals surface area contributed by atoms with E-state index >= 15 is 0 Å². The van der Waals surface area contributed by atoms with Crippen LogP contribution in [0.15, 0.2) is 84.3 Å². The maximum atomic E-state index is 12.3. The number of carbonyl (C=O) groups is 1. The van der Waals surface area contributed by atoms with Crippen molar-refractivity contribution in [2.24, 2.45) is 0 Å². The van der Waals surface area contributed by atoms with E-state index in [-0.39, 0.29) is 11.7 Å². The van der Waals surface area contributed by atoms with Gasteiger partial charge in [-0.15, -0.1) is 10.2 Å². The molecule has 0 fully saturated rings. The van der Waals surface area contributed by atoms with E-state index in [1.165, 1.54) is 11.8 Å². The first-order valence-electron chi connectivity index (χ1n) is 8.80. The number of aromatic nitrogens is 4. The summed E-state index contributed by atoms with van der Waals surface area (Å²) in [6, 6.07) is 20.5. The molecule has 0 aliphatic carbocycles. The largest absolute Gasteiger partial charge is 0.325 e. The lowest BCUT2D eigenvalue weighted by Crippen LogP contribution is -2.14. The molecule has 2 aromatic heterocycles. The van der Waals surface area contributed by atoms with Crippen LogP contribution >= 0.6 is 23.4 Å². The Bertz CT molecular complexity index is 1100. The first-order chi connectivity index (χ1) is 14.2. The normalized spacial score (nSPS) is 10.7. The molecule has 4 aromatic rings. The van der Waals surface area contributed by atoms with Crippen LogP contribution in [0, 0.1) is 0 Å². The number of thioether (sulfide) groups is 1. The summed E-state index contributed by atoms with van der Waals surface area (Å²) >= 11 is 7.35. The Hall–Kier alpha value is -3.16. The second-order valence-electron chi connectivity index (χ2n) is 6.06. The standard InChI is InChI=1S/C21H16ClN5OS/c22-16-8-10-18(11-9-16)27-20(15-5-4-12-23-13-15)25-26-21(27)29-14-19(28)24-17-6-2-1-3-7-17/h1-13H,14H2,(H,24,28). The minimum atomic E-state index is -0.116. The molecule has 0 aliphatic heterocycles. The van der Waals surface area contributed by atoms with E-state index in [2.05, 4.69) is 20.5 Å². The zero-order valence-electron chi connectivity index (χ0n) is 15.2. The van der Waals surface area contributed by atoms with Crippen LogP contribution in [0.1, 0.15) is 0 Å². The average Bonchev–Trinajstić information content (AvgIpc) is 3.18. The minimum Gasteiger partial charge on any atom is -0.325 e. The number of nitrogens with one attached hydrogen (secondary N) is 1. The van der Waals surface area contributed by atoms with Gasteiger partial charge in [-0.3, -0.25) is 14.3 Å². The van der Waals surface area contributed by atoms with Crippen molar-refractivity contribution < 1.29 is 4.79 Å². The summed E-state index contributed by atoms with van der Waals surface area (Å²) in [6.07, 6.45) is 3.43. The Kier molecular flexibility index (Phi) is 5.88. The highest BCUT2D eigenvalue weighted by atomic mass is 35.5. The fraction of sp³-hybridized carbons (Fsp3) is 0.0476. The molecule has 0 atom stereocenters. The van der Waals surface area contributed by atoms with Gasteiger partial charge in [-0.2, -0.15) is 0 Å². The number of carbonyl (C=O) groups excluding carboxylic acids is 1. The van der Waals surface area contributed by atoms with Crippen molar-refractivity contribution in [1.82, 2.24) is 19.7 Å². The quantitative estimate of drug-likeness (QED) is 0.456. The third-order valence-electron chi connectivity index (χ3n) is 4.03. The van der Waals surface area contributed by atoms with Gasteiger partial charge in [-0.05, 0) is 48.5 Å². The predicted octanol–water partition coefficient (Wildman–Crippen LogP) is 4.71. The molecule has 0 saturated heterocycles. The van der Waals surface area contributed by atoms with Gasteiger partial charge in [-0.25, -0.2) is 0 Å². The number of benzene rings is 2. The van der Waals surface area contributed by atoms with Crippen molar-refractivity contribution in [3.05, 3.63) is 84.1 Å². The summed E-state index contributed by atoms with van der Waals surface area (Å²) in [5.41, 5.74) is 2.44. The Morgan fingerprint density at radius 3 is 2.52 bits per heavy atom. The van der Waals surface area contributed by atoms with E-state index in [0.717, 1.165) is 16.9 Å². The number of anilines is 1. The summed E-state index contributed by atoms with van der Waals surface area (Å²) in [7, 11) is 0. The van der Waals surface area contributed by atoms with Gasteiger partial charge in [0.1, 0.15) is 0 Å². The molecule has 0 spiro atoms. The molecular formula is C21H16ClN5OS. The van der Waals surface area contributed by atoms with Crippen molar-refractivity contribution in [1.29, 1.82) is 0 Å². The van der Waals surface area contributed by atoms with E-state index < -0.39 is 0 Å². The lowest BCUT2D eigenvalue weighted by Gasteiger charge is -2.10. The maximum absolute atomic E-state index is 12.3. The van der Waals surface area contributed by atoms with Gasteiger partial charge in [0, 0.05) is 34.4 Å². The molecule has 0 saturated carbocycles. The van der Waals surface area contributed by atoms with Crippen LogP contribution in [0.2, 0.25) is 5.02 Å². The van der Waals surface area contributed by atoms with Gasteiger partial charge in [0.2, 0.25) is 5.91 Å². The van der Waals surface area contributed by atoms with Crippen molar-refractivity contribution in [2.45, 2.75) is 5.16 Å². The van der Waals surface area contributed by atoms with Crippen LogP contribution in [0.3, 0.4) is 0 Å². The van der Waals surface area contributed by atoms with Crippen molar-refractivity contribution in [3.63, 3.8) is 0 Å². The summed E-state index contributed by atoms with van der Waals surface area (Å²) in [6.45, 7) is 0. The van der Waals surface area contributed by atoms with Crippen LogP contribution in [0.25, 0.3) is 17.1 Å². The number of halogens is 1. The van der Waals surface area contributed by atoms with E-state index in [4.69, 9.17) is 11.6 Å². The molecule has 1 amide bonds. The van der Waals surface area contributed by atoms with Crippen LogP contribution in [-0.4, -0.2) is 31.4 Å². The second-order valence-corrected chi connectivity index (χ2v) is 7.44. The third kappa shape index (κ3) is 4.64. The molecule has 1 N–H and O–H groups in total. The Labute approximate surface area is 177 Å². The zero-order valence-corrected chi connectivity index (χ0v) is 16.8. The predicted molar refractivity (Wildman–Crippen MR) is 115 cm³/mol. The summed E-state index contributed by atoms with van der Waals surface area (Å²) < 4.78 is 1.90. The molecule has 0 aliphatic rings. The average molecular weight is 422 g/mol. The molecule has 8 heteroatoms. The fourth-order valence-electron chi connectivity index (χ4n) is 2.72. The van der Waals surface area contributed by atoms with Gasteiger partial charge in [0.15, 0.2) is 11.0 Å². The minimum absolute atomic E-state index is 0.116. The third-order valence-corrected chi connectivity index (χ3v) is 5.21. The molecular weight excluding hydrogens is 406 g/mol. The molecule has 0 bridgehead atoms. The van der Waals surface area contributed by atoms with Crippen LogP contribution < -0.4 is 5.32 Å². The summed E-state index contributed by atoms with van der Waals surface area (Å²) in [5, 5.41) is 12.8. The number of pyridine rings is 1. The molecule has 6 nitrogen and oxygen atoms in total. The monoisotopic (exact) mass is 421 g/mol. The molecule has 0 unspecified atom stereocenters. The van der Waals surface area contributed by atoms with Crippen molar-refractivity contribution in [3.8, 4) is 17.1 Å². The first kappa shape index (κ1) is 19.2. The highest BCUT2D eigenvalue weighted by Gasteiger charge is 2.17. The number of hydrogen-bond acceptors (Lipinski definition) is 5. The Morgan fingerprint density at radius 1 is 1.00 bits per heavy atom. The Morgan fingerprint density at radius 2 is 1.79 bits per heavy atom. The second kappa shape index (κ2) is 8.89. The summed E-state index contributed by atoms with van der Waals surface area (Å²) in [4.78, 5) is 16.5. The topological polar surface area (TPSA) is 72.7 Å². The smallest absolute Gasteiger partial charge is 0.234 e. The molecule has 144 valence electrons. The van der Waals surface area contributed by atoms with Gasteiger partial charge in [0.05, 0.1) is 5.75 Å². The Balaban J connectivity index is 1.60.